The molecule has 0 fully saturated rings. The summed E-state index contributed by atoms with van der Waals surface area (Å²) in [5, 5.41) is 26.1. The molecule has 0 amide bonds. The number of nitrogens with zero attached hydrogens (tertiary/aromatic N) is 1. The number of aliphatic hydroxyl groups is 1. The Morgan fingerprint density at radius 2 is 1.96 bits per heavy atom. The third-order valence-corrected chi connectivity index (χ3v) is 3.74. The highest BCUT2D eigenvalue weighted by molar-refractivity contribution is 6.02. The molecule has 2 aromatic carbocycles. The Morgan fingerprint density at radius 1 is 1.21 bits per heavy atom. The Morgan fingerprint density at radius 3 is 2.58 bits per heavy atom. The number of fused-ring (bicyclic) bond motifs is 1. The topological polar surface area (TPSA) is 95.4 Å². The Hall–Kier alpha value is -3.12. The van der Waals surface area contributed by atoms with Crippen LogP contribution in [0.25, 0.3) is 23.1 Å². The zero-order valence-corrected chi connectivity index (χ0v) is 13.0. The molecule has 0 aliphatic rings. The Kier molecular flexibility index (Phi) is 4.31. The van der Waals surface area contributed by atoms with E-state index in [0.717, 1.165) is 11.1 Å². The van der Waals surface area contributed by atoms with Crippen molar-refractivity contribution in [1.29, 1.82) is 0 Å². The second-order valence-corrected chi connectivity index (χ2v) is 5.22. The van der Waals surface area contributed by atoms with Crippen LogP contribution in [0.2, 0.25) is 0 Å². The number of hydrogen-bond acceptors (Lipinski definition) is 4. The molecule has 6 heteroatoms. The molecule has 1 heterocycles. The average Bonchev–Trinajstić information content (AvgIpc) is 3.02. The largest absolute Gasteiger partial charge is 0.495 e. The van der Waals surface area contributed by atoms with Crippen molar-refractivity contribution >= 4 is 29.0 Å². The normalized spacial score (nSPS) is 11.2. The smallest absolute Gasteiger partial charge is 0.339 e. The van der Waals surface area contributed by atoms with Crippen LogP contribution in [0.5, 0.6) is 5.75 Å². The third kappa shape index (κ3) is 2.87. The number of rotatable bonds is 5. The van der Waals surface area contributed by atoms with Crippen molar-refractivity contribution < 1.29 is 19.7 Å². The van der Waals surface area contributed by atoms with Crippen molar-refractivity contribution in [3.8, 4) is 5.75 Å². The van der Waals surface area contributed by atoms with Crippen LogP contribution < -0.4 is 4.74 Å². The van der Waals surface area contributed by atoms with E-state index in [9.17, 15) is 9.90 Å². The molecule has 0 spiro atoms. The molecule has 0 aliphatic carbocycles. The number of benzene rings is 2. The van der Waals surface area contributed by atoms with Gasteiger partial charge in [-0.25, -0.2) is 4.79 Å². The first-order chi connectivity index (χ1) is 11.6. The number of carbonyl (C=O) groups is 1. The lowest BCUT2D eigenvalue weighted by Crippen LogP contribution is -2.00. The van der Waals surface area contributed by atoms with E-state index >= 15 is 0 Å². The summed E-state index contributed by atoms with van der Waals surface area (Å²) in [4.78, 5) is 11.3. The van der Waals surface area contributed by atoms with Gasteiger partial charge in [-0.3, -0.25) is 5.10 Å². The molecule has 0 aliphatic heterocycles. The molecule has 0 saturated heterocycles. The van der Waals surface area contributed by atoms with Crippen molar-refractivity contribution in [1.82, 2.24) is 10.2 Å². The van der Waals surface area contributed by atoms with Crippen LogP contribution in [0.15, 0.2) is 36.4 Å². The Bertz CT molecular complexity index is 911. The maximum atomic E-state index is 11.3. The van der Waals surface area contributed by atoms with Crippen molar-refractivity contribution in [3.05, 3.63) is 58.8 Å². The fourth-order valence-electron chi connectivity index (χ4n) is 2.52. The predicted octanol–water partition coefficient (Wildman–Crippen LogP) is 2.93. The first-order valence-corrected chi connectivity index (χ1v) is 7.30. The van der Waals surface area contributed by atoms with Crippen molar-refractivity contribution in [3.63, 3.8) is 0 Å². The van der Waals surface area contributed by atoms with Gasteiger partial charge in [-0.1, -0.05) is 30.3 Å². The maximum absolute atomic E-state index is 11.3. The molecule has 6 nitrogen and oxygen atoms in total. The quantitative estimate of drug-likeness (QED) is 0.670. The summed E-state index contributed by atoms with van der Waals surface area (Å²) >= 11 is 0. The molecule has 0 unspecified atom stereocenters. The van der Waals surface area contributed by atoms with Gasteiger partial charge in [0.15, 0.2) is 0 Å². The highest BCUT2D eigenvalue weighted by Gasteiger charge is 2.17. The van der Waals surface area contributed by atoms with E-state index in [4.69, 9.17) is 9.84 Å². The predicted molar refractivity (Wildman–Crippen MR) is 90.9 cm³/mol. The number of aromatic amines is 1. The molecule has 3 aromatic rings. The van der Waals surface area contributed by atoms with E-state index in [1.807, 2.05) is 30.3 Å². The highest BCUT2D eigenvalue weighted by Crippen LogP contribution is 2.32. The van der Waals surface area contributed by atoms with Gasteiger partial charge in [-0.15, -0.1) is 0 Å². The summed E-state index contributed by atoms with van der Waals surface area (Å²) in [5.74, 6) is -0.770. The molecule has 0 atom stereocenters. The number of nitrogens with one attached hydrogen (secondary N) is 1. The van der Waals surface area contributed by atoms with Gasteiger partial charge in [-0.2, -0.15) is 5.10 Å². The van der Waals surface area contributed by atoms with Crippen LogP contribution >= 0.6 is 0 Å². The summed E-state index contributed by atoms with van der Waals surface area (Å²) in [6, 6.07) is 10.6. The zero-order chi connectivity index (χ0) is 17.1. The molecule has 0 bridgehead atoms. The minimum absolute atomic E-state index is 0.00314. The number of H-pyrrole nitrogens is 1. The van der Waals surface area contributed by atoms with Crippen LogP contribution in [0.4, 0.5) is 0 Å². The van der Waals surface area contributed by atoms with Crippen LogP contribution in [0.1, 0.15) is 27.2 Å². The van der Waals surface area contributed by atoms with Crippen molar-refractivity contribution in [2.75, 3.05) is 7.11 Å². The lowest BCUT2D eigenvalue weighted by Gasteiger charge is -2.06. The second-order valence-electron chi connectivity index (χ2n) is 5.22. The second kappa shape index (κ2) is 6.55. The highest BCUT2D eigenvalue weighted by atomic mass is 16.5. The number of carboxylic acids is 1. The van der Waals surface area contributed by atoms with Gasteiger partial charge in [0.2, 0.25) is 0 Å². The fourth-order valence-corrected chi connectivity index (χ4v) is 2.52. The summed E-state index contributed by atoms with van der Waals surface area (Å²) in [6.45, 7) is 0.00314. The number of ether oxygens (including phenoxy) is 1. The number of methoxy groups -OCH3 is 1. The summed E-state index contributed by atoms with van der Waals surface area (Å²) in [7, 11) is 1.44. The number of carboxylic acid groups (broad SMARTS) is 1. The first-order valence-electron chi connectivity index (χ1n) is 7.30. The van der Waals surface area contributed by atoms with Crippen molar-refractivity contribution in [2.24, 2.45) is 0 Å². The van der Waals surface area contributed by atoms with Crippen LogP contribution in [0.3, 0.4) is 0 Å². The van der Waals surface area contributed by atoms with Gasteiger partial charge in [0.25, 0.3) is 0 Å². The standard InChI is InChI=1S/C18H16N2O4/c1-24-17-13(18(22)23)7-9-15-16(17)14(19-20-15)8-6-11-2-4-12(10-21)5-3-11/h2-9,21H,10H2,1H3,(H,19,20)(H,22,23)/b8-6+. The lowest BCUT2D eigenvalue weighted by molar-refractivity contribution is 0.0693. The van der Waals surface area contributed by atoms with Gasteiger partial charge in [0, 0.05) is 0 Å². The molecule has 3 N–H and O–H groups in total. The number of aromatic carboxylic acids is 1. The van der Waals surface area contributed by atoms with Crippen LogP contribution in [-0.2, 0) is 6.61 Å². The molecular weight excluding hydrogens is 308 g/mol. The lowest BCUT2D eigenvalue weighted by atomic mass is 10.1. The number of aromatic nitrogens is 2. The van der Waals surface area contributed by atoms with Gasteiger partial charge >= 0.3 is 5.97 Å². The van der Waals surface area contributed by atoms with E-state index in [1.54, 1.807) is 12.1 Å². The maximum Gasteiger partial charge on any atom is 0.339 e. The number of hydrogen-bond donors (Lipinski definition) is 3. The van der Waals surface area contributed by atoms with Gasteiger partial charge in [0.1, 0.15) is 11.3 Å². The van der Waals surface area contributed by atoms with Crippen molar-refractivity contribution in [2.45, 2.75) is 6.61 Å². The molecule has 0 saturated carbocycles. The molecule has 122 valence electrons. The van der Waals surface area contributed by atoms with E-state index in [0.29, 0.717) is 16.6 Å². The Labute approximate surface area is 138 Å². The van der Waals surface area contributed by atoms with Gasteiger partial charge in [-0.05, 0) is 29.3 Å². The molecular formula is C18H16N2O4. The minimum Gasteiger partial charge on any atom is -0.495 e. The Balaban J connectivity index is 2.04. The van der Waals surface area contributed by atoms with E-state index in [-0.39, 0.29) is 17.9 Å². The molecule has 24 heavy (non-hydrogen) atoms. The monoisotopic (exact) mass is 324 g/mol. The SMILES string of the molecule is COc1c(C(=O)O)ccc2[nH]nc(/C=C/c3ccc(CO)cc3)c12. The number of aliphatic hydroxyl groups excluding tert-OH is 1. The van der Waals surface area contributed by atoms with Crippen LogP contribution in [0, 0.1) is 0 Å². The minimum atomic E-state index is -1.05. The molecule has 1 aromatic heterocycles. The summed E-state index contributed by atoms with van der Waals surface area (Å²) < 4.78 is 5.30. The molecule has 0 radical (unpaired) electrons. The third-order valence-electron chi connectivity index (χ3n) is 3.74. The molecule has 3 rings (SSSR count). The van der Waals surface area contributed by atoms with Gasteiger partial charge in [0.05, 0.1) is 30.3 Å². The average molecular weight is 324 g/mol. The van der Waals surface area contributed by atoms with Crippen LogP contribution in [-0.4, -0.2) is 33.5 Å². The summed E-state index contributed by atoms with van der Waals surface area (Å²) in [6.07, 6.45) is 3.66. The zero-order valence-electron chi connectivity index (χ0n) is 13.0. The van der Waals surface area contributed by atoms with Gasteiger partial charge < -0.3 is 14.9 Å². The summed E-state index contributed by atoms with van der Waals surface area (Å²) in [5.41, 5.74) is 3.17. The first kappa shape index (κ1) is 15.8. The van der Waals surface area contributed by atoms with E-state index in [2.05, 4.69) is 10.2 Å². The van der Waals surface area contributed by atoms with E-state index in [1.165, 1.54) is 13.2 Å². The fraction of sp³-hybridized carbons (Fsp3) is 0.111. The van der Waals surface area contributed by atoms with E-state index < -0.39 is 5.97 Å².